The lowest BCUT2D eigenvalue weighted by molar-refractivity contribution is -0.176. The molecule has 1 atom stereocenters. The van der Waals surface area contributed by atoms with Gasteiger partial charge in [-0.25, -0.2) is 4.79 Å². The molecule has 3 nitrogen and oxygen atoms in total. The van der Waals surface area contributed by atoms with Crippen LogP contribution in [0.3, 0.4) is 0 Å². The molecule has 0 spiro atoms. The van der Waals surface area contributed by atoms with E-state index in [1.54, 1.807) is 0 Å². The average Bonchev–Trinajstić information content (AvgIpc) is 2.30. The van der Waals surface area contributed by atoms with Crippen LogP contribution in [0.1, 0.15) is 6.42 Å². The summed E-state index contributed by atoms with van der Waals surface area (Å²) in [7, 11) is 0. The minimum Gasteiger partial charge on any atom is -0.464 e. The van der Waals surface area contributed by atoms with Crippen molar-refractivity contribution in [2.24, 2.45) is 0 Å². The molecule has 1 rings (SSSR count). The Morgan fingerprint density at radius 1 is 1.54 bits per heavy atom. The molecule has 0 radical (unpaired) electrons. The number of Topliss-reactive ketones (excluding diaryl/α,β-unsaturated/α-hetero) is 1. The van der Waals surface area contributed by atoms with Crippen molar-refractivity contribution in [2.45, 2.75) is 17.5 Å². The summed E-state index contributed by atoms with van der Waals surface area (Å²) in [4.78, 5) is 18.8. The highest BCUT2D eigenvalue weighted by Crippen LogP contribution is 2.35. The van der Waals surface area contributed by atoms with Crippen molar-refractivity contribution >= 4 is 23.4 Å². The number of esters is 1. The largest absolute Gasteiger partial charge is 0.464 e. The number of hydrogen-bond donors (Lipinski definition) is 0. The number of cyclic esters (lactones) is 1. The third-order valence-electron chi connectivity index (χ3n) is 1.62. The first-order valence-corrected chi connectivity index (χ1v) is 3.64. The number of ketones is 1. The van der Waals surface area contributed by atoms with Crippen molar-refractivity contribution in [3.63, 3.8) is 0 Å². The molecule has 0 N–H and O–H groups in total. The van der Waals surface area contributed by atoms with Crippen LogP contribution in [-0.2, 0) is 14.3 Å². The number of halogens is 4. The van der Waals surface area contributed by atoms with Crippen molar-refractivity contribution < 1.29 is 27.5 Å². The van der Waals surface area contributed by atoms with Gasteiger partial charge in [0.05, 0.1) is 6.61 Å². The molecule has 1 heterocycles. The smallest absolute Gasteiger partial charge is 0.452 e. The zero-order chi connectivity index (χ0) is 10.3. The van der Waals surface area contributed by atoms with Crippen molar-refractivity contribution in [3.05, 3.63) is 0 Å². The summed E-state index contributed by atoms with van der Waals surface area (Å²) in [6.07, 6.45) is -5.54. The Balaban J connectivity index is 2.94. The molecule has 1 aliphatic heterocycles. The van der Waals surface area contributed by atoms with Crippen LogP contribution in [0.15, 0.2) is 0 Å². The Morgan fingerprint density at radius 3 is 2.38 bits per heavy atom. The van der Waals surface area contributed by atoms with E-state index >= 15 is 0 Å². The lowest BCUT2D eigenvalue weighted by Gasteiger charge is -2.15. The highest BCUT2D eigenvalue weighted by molar-refractivity contribution is 6.46. The molecule has 0 aliphatic carbocycles. The Hall–Kier alpha value is -0.780. The monoisotopic (exact) mass is 216 g/mol. The summed E-state index contributed by atoms with van der Waals surface area (Å²) < 4.78 is 39.8. The van der Waals surface area contributed by atoms with Gasteiger partial charge in [0.2, 0.25) is 4.87 Å². The Bertz CT molecular complexity index is 262. The van der Waals surface area contributed by atoms with E-state index in [0.29, 0.717) is 0 Å². The second-order valence-corrected chi connectivity index (χ2v) is 3.16. The number of carbonyl (C=O) groups is 2. The fourth-order valence-corrected chi connectivity index (χ4v) is 1.17. The van der Waals surface area contributed by atoms with Gasteiger partial charge in [0.1, 0.15) is 0 Å². The molecular weight excluding hydrogens is 213 g/mol. The van der Waals surface area contributed by atoms with Gasteiger partial charge in [-0.1, -0.05) is 11.6 Å². The Kier molecular flexibility index (Phi) is 2.27. The molecule has 7 heteroatoms. The van der Waals surface area contributed by atoms with Gasteiger partial charge < -0.3 is 4.74 Å². The number of hydrogen-bond acceptors (Lipinski definition) is 3. The first kappa shape index (κ1) is 10.3. The maximum absolute atomic E-state index is 11.9. The molecule has 0 saturated carbocycles. The lowest BCUT2D eigenvalue weighted by atomic mass is 10.0. The van der Waals surface area contributed by atoms with E-state index in [1.807, 2.05) is 0 Å². The van der Waals surface area contributed by atoms with Gasteiger partial charge in [0.25, 0.3) is 5.78 Å². The van der Waals surface area contributed by atoms with Gasteiger partial charge in [-0.2, -0.15) is 13.2 Å². The van der Waals surface area contributed by atoms with Gasteiger partial charge in [-0.15, -0.1) is 0 Å². The van der Waals surface area contributed by atoms with Crippen LogP contribution in [0.4, 0.5) is 13.2 Å². The molecule has 0 aromatic rings. The third kappa shape index (κ3) is 1.63. The minimum absolute atomic E-state index is 0.260. The summed E-state index contributed by atoms with van der Waals surface area (Å²) in [5, 5.41) is 0. The maximum atomic E-state index is 11.9. The van der Waals surface area contributed by atoms with Crippen molar-refractivity contribution in [1.29, 1.82) is 0 Å². The van der Waals surface area contributed by atoms with Crippen LogP contribution in [0.5, 0.6) is 0 Å². The predicted octanol–water partition coefficient (Wildman–Crippen LogP) is 1.04. The van der Waals surface area contributed by atoms with Gasteiger partial charge in [-0.05, 0) is 0 Å². The van der Waals surface area contributed by atoms with Crippen LogP contribution in [0, 0.1) is 0 Å². The molecule has 1 saturated heterocycles. The van der Waals surface area contributed by atoms with Crippen molar-refractivity contribution in [3.8, 4) is 0 Å². The van der Waals surface area contributed by atoms with E-state index in [0.717, 1.165) is 0 Å². The minimum atomic E-state index is -5.11. The van der Waals surface area contributed by atoms with Gasteiger partial charge in [0.15, 0.2) is 0 Å². The second-order valence-electron chi connectivity index (χ2n) is 2.51. The predicted molar refractivity (Wildman–Crippen MR) is 35.2 cm³/mol. The molecule has 0 bridgehead atoms. The fourth-order valence-electron chi connectivity index (χ4n) is 0.932. The van der Waals surface area contributed by atoms with Gasteiger partial charge >= 0.3 is 12.1 Å². The zero-order valence-electron chi connectivity index (χ0n) is 6.15. The topological polar surface area (TPSA) is 43.4 Å². The maximum Gasteiger partial charge on any atom is 0.452 e. The molecule has 1 aliphatic rings. The normalized spacial score (nSPS) is 28.8. The number of rotatable bonds is 1. The quantitative estimate of drug-likeness (QED) is 0.374. The van der Waals surface area contributed by atoms with Gasteiger partial charge in [0, 0.05) is 6.42 Å². The van der Waals surface area contributed by atoms with E-state index in [1.165, 1.54) is 0 Å². The van der Waals surface area contributed by atoms with E-state index in [4.69, 9.17) is 11.6 Å². The molecule has 1 unspecified atom stereocenters. The standard InChI is InChI=1S/C6H4ClF3O3/c7-5(1-2-13-4(5)12)3(11)6(8,9)10/h1-2H2. The first-order chi connectivity index (χ1) is 5.78. The van der Waals surface area contributed by atoms with E-state index in [-0.39, 0.29) is 6.61 Å². The first-order valence-electron chi connectivity index (χ1n) is 3.26. The summed E-state index contributed by atoms with van der Waals surface area (Å²) in [6.45, 7) is -0.260. The number of ether oxygens (including phenoxy) is 1. The van der Waals surface area contributed by atoms with Gasteiger partial charge in [-0.3, -0.25) is 4.79 Å². The average molecular weight is 217 g/mol. The molecule has 0 aromatic carbocycles. The highest BCUT2D eigenvalue weighted by atomic mass is 35.5. The lowest BCUT2D eigenvalue weighted by Crippen LogP contribution is -2.45. The van der Waals surface area contributed by atoms with E-state index < -0.39 is 29.2 Å². The Morgan fingerprint density at radius 2 is 2.08 bits per heavy atom. The fraction of sp³-hybridized carbons (Fsp3) is 0.667. The molecule has 1 fully saturated rings. The Labute approximate surface area is 75.8 Å². The van der Waals surface area contributed by atoms with Crippen LogP contribution >= 0.6 is 11.6 Å². The van der Waals surface area contributed by atoms with Crippen LogP contribution in [0.2, 0.25) is 0 Å². The summed E-state index contributed by atoms with van der Waals surface area (Å²) in [5.74, 6) is -3.58. The van der Waals surface area contributed by atoms with Crippen molar-refractivity contribution in [1.82, 2.24) is 0 Å². The van der Waals surface area contributed by atoms with Crippen molar-refractivity contribution in [2.75, 3.05) is 6.61 Å². The van der Waals surface area contributed by atoms with E-state index in [9.17, 15) is 22.8 Å². The molecular formula is C6H4ClF3O3. The molecule has 0 aromatic heterocycles. The number of carbonyl (C=O) groups excluding carboxylic acids is 2. The molecule has 74 valence electrons. The SMILES string of the molecule is O=C1OCCC1(Cl)C(=O)C(F)(F)F. The third-order valence-corrected chi connectivity index (χ3v) is 2.14. The van der Waals surface area contributed by atoms with E-state index in [2.05, 4.69) is 4.74 Å². The highest BCUT2D eigenvalue weighted by Gasteiger charge is 2.59. The van der Waals surface area contributed by atoms with Crippen LogP contribution < -0.4 is 0 Å². The summed E-state index contributed by atoms with van der Waals surface area (Å²) in [5.41, 5.74) is 0. The second kappa shape index (κ2) is 2.87. The summed E-state index contributed by atoms with van der Waals surface area (Å²) in [6, 6.07) is 0. The van der Waals surface area contributed by atoms with Crippen LogP contribution in [-0.4, -0.2) is 29.4 Å². The van der Waals surface area contributed by atoms with Crippen LogP contribution in [0.25, 0.3) is 0 Å². The number of alkyl halides is 4. The zero-order valence-corrected chi connectivity index (χ0v) is 6.91. The molecule has 13 heavy (non-hydrogen) atoms. The molecule has 0 amide bonds. The summed E-state index contributed by atoms with van der Waals surface area (Å²) >= 11 is 5.21.